The first kappa shape index (κ1) is 14.3. The lowest BCUT2D eigenvalue weighted by atomic mass is 9.93. The van der Waals surface area contributed by atoms with Gasteiger partial charge in [-0.25, -0.2) is 8.78 Å². The molecule has 0 aliphatic carbocycles. The summed E-state index contributed by atoms with van der Waals surface area (Å²) in [6, 6.07) is 11.3. The molecule has 0 amide bonds. The second-order valence-electron chi connectivity index (χ2n) is 5.10. The summed E-state index contributed by atoms with van der Waals surface area (Å²) in [5.41, 5.74) is 7.71. The number of nitrogens with two attached hydrogens (primary N) is 1. The van der Waals surface area contributed by atoms with E-state index in [9.17, 15) is 8.78 Å². The van der Waals surface area contributed by atoms with E-state index in [1.165, 1.54) is 12.1 Å². The van der Waals surface area contributed by atoms with Crippen molar-refractivity contribution in [1.29, 1.82) is 0 Å². The number of benzene rings is 2. The lowest BCUT2D eigenvalue weighted by molar-refractivity contribution is 0.148. The van der Waals surface area contributed by atoms with Gasteiger partial charge in [-0.15, -0.1) is 0 Å². The third-order valence-corrected chi connectivity index (χ3v) is 3.88. The molecule has 2 unspecified atom stereocenters. The molecule has 0 radical (unpaired) electrons. The number of rotatable bonds is 2. The van der Waals surface area contributed by atoms with Gasteiger partial charge in [0, 0.05) is 28.6 Å². The van der Waals surface area contributed by atoms with E-state index in [2.05, 4.69) is 0 Å². The molecule has 2 aromatic rings. The molecule has 0 saturated carbocycles. The van der Waals surface area contributed by atoms with Gasteiger partial charge in [-0.1, -0.05) is 29.8 Å². The minimum Gasteiger partial charge on any atom is -0.485 e. The molecule has 3 rings (SSSR count). The number of halogens is 3. The van der Waals surface area contributed by atoms with Crippen LogP contribution in [0.5, 0.6) is 5.75 Å². The molecule has 0 spiro atoms. The molecule has 2 nitrogen and oxygen atoms in total. The van der Waals surface area contributed by atoms with Crippen molar-refractivity contribution in [3.8, 4) is 5.75 Å². The highest BCUT2D eigenvalue weighted by molar-refractivity contribution is 6.30. The summed E-state index contributed by atoms with van der Waals surface area (Å²) in [6.07, 6.45) is -2.29. The van der Waals surface area contributed by atoms with Gasteiger partial charge in [-0.3, -0.25) is 0 Å². The molecule has 110 valence electrons. The van der Waals surface area contributed by atoms with Crippen LogP contribution in [0.2, 0.25) is 5.02 Å². The van der Waals surface area contributed by atoms with Crippen molar-refractivity contribution in [3.05, 3.63) is 64.2 Å². The number of hydrogen-bond acceptors (Lipinski definition) is 2. The summed E-state index contributed by atoms with van der Waals surface area (Å²) in [5, 5.41) is 0.603. The van der Waals surface area contributed by atoms with E-state index >= 15 is 0 Å². The summed E-state index contributed by atoms with van der Waals surface area (Å²) < 4.78 is 31.5. The first-order valence-corrected chi connectivity index (χ1v) is 7.02. The van der Waals surface area contributed by atoms with Gasteiger partial charge in [0.05, 0.1) is 0 Å². The van der Waals surface area contributed by atoms with Crippen LogP contribution in [0.15, 0.2) is 42.5 Å². The predicted molar refractivity (Wildman–Crippen MR) is 77.8 cm³/mol. The average molecular weight is 310 g/mol. The summed E-state index contributed by atoms with van der Waals surface area (Å²) in [4.78, 5) is 0. The van der Waals surface area contributed by atoms with Crippen LogP contribution >= 0.6 is 11.6 Å². The molecule has 21 heavy (non-hydrogen) atoms. The summed E-state index contributed by atoms with van der Waals surface area (Å²) in [5.74, 6) is 0.658. The molecule has 1 aliphatic heterocycles. The highest BCUT2D eigenvalue weighted by Gasteiger charge is 2.27. The van der Waals surface area contributed by atoms with Crippen LogP contribution < -0.4 is 10.5 Å². The quantitative estimate of drug-likeness (QED) is 0.864. The molecule has 5 heteroatoms. The van der Waals surface area contributed by atoms with E-state index in [4.69, 9.17) is 22.1 Å². The third kappa shape index (κ3) is 2.87. The predicted octanol–water partition coefficient (Wildman–Crippen LogP) is 4.80. The van der Waals surface area contributed by atoms with Crippen LogP contribution in [0.1, 0.15) is 41.7 Å². The first-order valence-electron chi connectivity index (χ1n) is 6.64. The van der Waals surface area contributed by atoms with Crippen LogP contribution in [0.3, 0.4) is 0 Å². The second kappa shape index (κ2) is 5.62. The average Bonchev–Trinajstić information content (AvgIpc) is 2.48. The van der Waals surface area contributed by atoms with Crippen molar-refractivity contribution in [2.24, 2.45) is 5.73 Å². The summed E-state index contributed by atoms with van der Waals surface area (Å²) >= 11 is 5.96. The summed E-state index contributed by atoms with van der Waals surface area (Å²) in [6.45, 7) is 0. The Balaban J connectivity index is 1.92. The summed E-state index contributed by atoms with van der Waals surface area (Å²) in [7, 11) is 0. The largest absolute Gasteiger partial charge is 0.485 e. The normalized spacial score (nSPS) is 21.0. The molecule has 1 aliphatic rings. The van der Waals surface area contributed by atoms with Crippen molar-refractivity contribution < 1.29 is 13.5 Å². The minimum absolute atomic E-state index is 0.00780. The number of ether oxygens (including phenoxy) is 1. The van der Waals surface area contributed by atoms with Gasteiger partial charge in [0.2, 0.25) is 0 Å². The number of hydrogen-bond donors (Lipinski definition) is 1. The molecule has 0 saturated heterocycles. The van der Waals surface area contributed by atoms with Gasteiger partial charge in [-0.05, 0) is 29.8 Å². The van der Waals surface area contributed by atoms with Crippen LogP contribution in [-0.4, -0.2) is 0 Å². The molecule has 0 bridgehead atoms. The van der Waals surface area contributed by atoms with Crippen LogP contribution in [0, 0.1) is 0 Å². The van der Waals surface area contributed by atoms with Crippen LogP contribution in [0.4, 0.5) is 8.78 Å². The SMILES string of the molecule is NC1CC(c2cccc(C(F)F)c2)Oc2ccc(Cl)cc21. The van der Waals surface area contributed by atoms with Crippen molar-refractivity contribution >= 4 is 11.6 Å². The Hall–Kier alpha value is -1.65. The lowest BCUT2D eigenvalue weighted by Crippen LogP contribution is -2.24. The molecule has 0 fully saturated rings. The van der Waals surface area contributed by atoms with E-state index < -0.39 is 6.43 Å². The fourth-order valence-electron chi connectivity index (χ4n) is 2.57. The van der Waals surface area contributed by atoms with E-state index in [1.807, 2.05) is 0 Å². The van der Waals surface area contributed by atoms with Gasteiger partial charge in [0.15, 0.2) is 0 Å². The Morgan fingerprint density at radius 3 is 2.76 bits per heavy atom. The van der Waals surface area contributed by atoms with E-state index in [0.29, 0.717) is 22.8 Å². The second-order valence-corrected chi connectivity index (χ2v) is 5.54. The van der Waals surface area contributed by atoms with Crippen molar-refractivity contribution in [2.75, 3.05) is 0 Å². The van der Waals surface area contributed by atoms with Crippen molar-refractivity contribution in [2.45, 2.75) is 25.0 Å². The fourth-order valence-corrected chi connectivity index (χ4v) is 2.76. The molecule has 2 N–H and O–H groups in total. The third-order valence-electron chi connectivity index (χ3n) is 3.64. The molecular formula is C16H14ClF2NO. The smallest absolute Gasteiger partial charge is 0.263 e. The minimum atomic E-state index is -2.49. The number of alkyl halides is 2. The van der Waals surface area contributed by atoms with E-state index in [-0.39, 0.29) is 17.7 Å². The monoisotopic (exact) mass is 309 g/mol. The van der Waals surface area contributed by atoms with Gasteiger partial charge in [0.1, 0.15) is 11.9 Å². The topological polar surface area (TPSA) is 35.2 Å². The fraction of sp³-hybridized carbons (Fsp3) is 0.250. The van der Waals surface area contributed by atoms with E-state index in [0.717, 1.165) is 5.56 Å². The van der Waals surface area contributed by atoms with Gasteiger partial charge < -0.3 is 10.5 Å². The molecule has 2 aromatic carbocycles. The van der Waals surface area contributed by atoms with Crippen molar-refractivity contribution in [1.82, 2.24) is 0 Å². The maximum atomic E-state index is 12.8. The molecular weight excluding hydrogens is 296 g/mol. The molecule has 1 heterocycles. The number of fused-ring (bicyclic) bond motifs is 1. The zero-order valence-electron chi connectivity index (χ0n) is 11.1. The Bertz CT molecular complexity index is 662. The Morgan fingerprint density at radius 2 is 2.00 bits per heavy atom. The maximum absolute atomic E-state index is 12.8. The van der Waals surface area contributed by atoms with E-state index in [1.54, 1.807) is 30.3 Å². The standard InChI is InChI=1S/C16H14ClF2NO/c17-11-4-5-14-12(7-11)13(20)8-15(21-14)9-2-1-3-10(6-9)16(18)19/h1-7,13,15-16H,8,20H2. The molecule has 0 aromatic heterocycles. The Labute approximate surface area is 126 Å². The highest BCUT2D eigenvalue weighted by atomic mass is 35.5. The Morgan fingerprint density at radius 1 is 1.19 bits per heavy atom. The van der Waals surface area contributed by atoms with Crippen LogP contribution in [0.25, 0.3) is 0 Å². The molecule has 2 atom stereocenters. The first-order chi connectivity index (χ1) is 10.0. The maximum Gasteiger partial charge on any atom is 0.263 e. The Kier molecular flexibility index (Phi) is 3.83. The lowest BCUT2D eigenvalue weighted by Gasteiger charge is -2.31. The van der Waals surface area contributed by atoms with Crippen LogP contribution in [-0.2, 0) is 0 Å². The van der Waals surface area contributed by atoms with Gasteiger partial charge in [0.25, 0.3) is 6.43 Å². The van der Waals surface area contributed by atoms with Crippen molar-refractivity contribution in [3.63, 3.8) is 0 Å². The van der Waals surface area contributed by atoms with Gasteiger partial charge >= 0.3 is 0 Å². The zero-order valence-corrected chi connectivity index (χ0v) is 11.9. The zero-order chi connectivity index (χ0) is 15.0. The highest BCUT2D eigenvalue weighted by Crippen LogP contribution is 2.41. The van der Waals surface area contributed by atoms with Gasteiger partial charge in [-0.2, -0.15) is 0 Å².